The molecule has 35 heavy (non-hydrogen) atoms. The number of aliphatic hydroxyl groups excluding tert-OH is 1. The second kappa shape index (κ2) is 10.8. The topological polar surface area (TPSA) is 80.6 Å². The predicted molar refractivity (Wildman–Crippen MR) is 137 cm³/mol. The number of carbonyl (C=O) groups is 2. The van der Waals surface area contributed by atoms with Crippen LogP contribution >= 0.6 is 11.6 Å². The van der Waals surface area contributed by atoms with Gasteiger partial charge in [-0.25, -0.2) is 0 Å². The third-order valence-corrected chi connectivity index (χ3v) is 6.34. The average Bonchev–Trinajstić information content (AvgIpc) is 3.14. The number of aromatic nitrogens is 1. The number of carbonyl (C=O) groups excluding carboxylic acids is 2. The number of nitrogens with zero attached hydrogens (tertiary/aromatic N) is 1. The van der Waals surface area contributed by atoms with Crippen molar-refractivity contribution in [2.45, 2.75) is 25.8 Å². The van der Waals surface area contributed by atoms with Crippen molar-refractivity contribution in [2.24, 2.45) is 0 Å². The van der Waals surface area contributed by atoms with Gasteiger partial charge in [-0.3, -0.25) is 14.2 Å². The Morgan fingerprint density at radius 1 is 1.06 bits per heavy atom. The van der Waals surface area contributed by atoms with Crippen LogP contribution in [0, 0.1) is 6.92 Å². The third kappa shape index (κ3) is 5.39. The summed E-state index contributed by atoms with van der Waals surface area (Å²) in [7, 11) is 1.58. The highest BCUT2D eigenvalue weighted by Gasteiger charge is 2.23. The van der Waals surface area contributed by atoms with Crippen LogP contribution in [0.5, 0.6) is 5.75 Å². The van der Waals surface area contributed by atoms with Crippen LogP contribution in [0.3, 0.4) is 0 Å². The summed E-state index contributed by atoms with van der Waals surface area (Å²) in [5.41, 5.74) is 3.61. The molecule has 0 fully saturated rings. The number of amides is 1. The Labute approximate surface area is 209 Å². The van der Waals surface area contributed by atoms with Crippen LogP contribution in [0.25, 0.3) is 10.9 Å². The van der Waals surface area contributed by atoms with Crippen LogP contribution in [0.1, 0.15) is 27.2 Å². The van der Waals surface area contributed by atoms with Gasteiger partial charge in [0.2, 0.25) is 5.91 Å². The van der Waals surface area contributed by atoms with Crippen molar-refractivity contribution in [3.63, 3.8) is 0 Å². The molecule has 0 spiro atoms. The number of aliphatic hydroxyl groups is 1. The lowest BCUT2D eigenvalue weighted by Gasteiger charge is -2.16. The highest BCUT2D eigenvalue weighted by molar-refractivity contribution is 6.30. The van der Waals surface area contributed by atoms with E-state index in [-0.39, 0.29) is 24.8 Å². The molecule has 180 valence electrons. The Balaban J connectivity index is 1.66. The van der Waals surface area contributed by atoms with Gasteiger partial charge in [-0.05, 0) is 66.9 Å². The van der Waals surface area contributed by atoms with Gasteiger partial charge in [0.1, 0.15) is 5.75 Å². The number of rotatable bonds is 8. The predicted octanol–water partition coefficient (Wildman–Crippen LogP) is 4.56. The van der Waals surface area contributed by atoms with Crippen LogP contribution in [0.15, 0.2) is 72.8 Å². The molecule has 0 bridgehead atoms. The smallest absolute Gasteiger partial charge is 0.262 e. The minimum Gasteiger partial charge on any atom is -0.497 e. The quantitative estimate of drug-likeness (QED) is 0.379. The van der Waals surface area contributed by atoms with Gasteiger partial charge < -0.3 is 15.2 Å². The molecule has 0 aliphatic carbocycles. The molecule has 0 unspecified atom stereocenters. The molecule has 4 aromatic rings. The van der Waals surface area contributed by atoms with Crippen molar-refractivity contribution in [1.29, 1.82) is 0 Å². The normalized spacial score (nSPS) is 11.9. The number of nitrogens with one attached hydrogen (secondary N) is 1. The van der Waals surface area contributed by atoms with Gasteiger partial charge in [0.25, 0.3) is 5.91 Å². The van der Waals surface area contributed by atoms with Crippen molar-refractivity contribution in [3.05, 3.63) is 100 Å². The molecule has 3 aromatic carbocycles. The van der Waals surface area contributed by atoms with Crippen LogP contribution in [0.2, 0.25) is 5.02 Å². The lowest BCUT2D eigenvalue weighted by Crippen LogP contribution is -2.40. The zero-order valence-corrected chi connectivity index (χ0v) is 20.4. The highest BCUT2D eigenvalue weighted by atomic mass is 35.5. The second-order valence-electron chi connectivity index (χ2n) is 8.41. The first-order chi connectivity index (χ1) is 16.9. The van der Waals surface area contributed by atoms with E-state index in [1.165, 1.54) is 0 Å². The fraction of sp³-hybridized carbons (Fsp3) is 0.214. The number of halogens is 1. The van der Waals surface area contributed by atoms with Crippen molar-refractivity contribution in [3.8, 4) is 5.75 Å². The molecule has 0 radical (unpaired) electrons. The molecule has 1 aromatic heterocycles. The van der Waals surface area contributed by atoms with Crippen molar-refractivity contribution in [2.75, 3.05) is 13.7 Å². The molecular weight excluding hydrogens is 464 g/mol. The third-order valence-electron chi connectivity index (χ3n) is 6.08. The van der Waals surface area contributed by atoms with Gasteiger partial charge in [-0.2, -0.15) is 0 Å². The Morgan fingerprint density at radius 3 is 2.43 bits per heavy atom. The second-order valence-corrected chi connectivity index (χ2v) is 8.84. The highest BCUT2D eigenvalue weighted by Crippen LogP contribution is 2.31. The van der Waals surface area contributed by atoms with Gasteiger partial charge in [-0.15, -0.1) is 0 Å². The molecule has 0 saturated carbocycles. The van der Waals surface area contributed by atoms with E-state index in [4.69, 9.17) is 16.3 Å². The molecule has 0 saturated heterocycles. The van der Waals surface area contributed by atoms with Crippen LogP contribution < -0.4 is 10.1 Å². The number of methoxy groups -OCH3 is 1. The molecule has 2 N–H and O–H groups in total. The van der Waals surface area contributed by atoms with Gasteiger partial charge >= 0.3 is 0 Å². The van der Waals surface area contributed by atoms with E-state index in [2.05, 4.69) is 5.32 Å². The van der Waals surface area contributed by atoms with Crippen molar-refractivity contribution >= 4 is 34.3 Å². The monoisotopic (exact) mass is 490 g/mol. The molecule has 0 aliphatic heterocycles. The SMILES string of the molecule is COc1ccc2c(c1)c(CC(=O)N[C@H](CO)Cc1ccccc1)c(C)n2C(=O)c1ccc(Cl)cc1. The molecule has 1 heterocycles. The number of fused-ring (bicyclic) bond motifs is 1. The number of hydrogen-bond donors (Lipinski definition) is 2. The van der Waals surface area contributed by atoms with E-state index in [1.807, 2.05) is 49.4 Å². The van der Waals surface area contributed by atoms with Gasteiger partial charge in [0.05, 0.1) is 31.7 Å². The first-order valence-electron chi connectivity index (χ1n) is 11.3. The first kappa shape index (κ1) is 24.5. The van der Waals surface area contributed by atoms with E-state index in [1.54, 1.807) is 42.0 Å². The molecule has 1 atom stereocenters. The fourth-order valence-corrected chi connectivity index (χ4v) is 4.42. The van der Waals surface area contributed by atoms with E-state index >= 15 is 0 Å². The maximum absolute atomic E-state index is 13.4. The summed E-state index contributed by atoms with van der Waals surface area (Å²) in [6, 6.07) is 21.4. The van der Waals surface area contributed by atoms with E-state index in [0.29, 0.717) is 34.0 Å². The molecule has 4 rings (SSSR count). The lowest BCUT2D eigenvalue weighted by molar-refractivity contribution is -0.121. The van der Waals surface area contributed by atoms with Crippen LogP contribution in [-0.2, 0) is 17.6 Å². The van der Waals surface area contributed by atoms with E-state index < -0.39 is 6.04 Å². The lowest BCUT2D eigenvalue weighted by atomic mass is 10.0. The Hall–Kier alpha value is -3.61. The Morgan fingerprint density at radius 2 is 1.77 bits per heavy atom. The van der Waals surface area contributed by atoms with Crippen molar-refractivity contribution in [1.82, 2.24) is 9.88 Å². The van der Waals surface area contributed by atoms with E-state index in [9.17, 15) is 14.7 Å². The molecule has 1 amide bonds. The summed E-state index contributed by atoms with van der Waals surface area (Å²) >= 11 is 5.99. The Kier molecular flexibility index (Phi) is 7.54. The zero-order chi connectivity index (χ0) is 24.9. The summed E-state index contributed by atoms with van der Waals surface area (Å²) in [5, 5.41) is 14.1. The maximum Gasteiger partial charge on any atom is 0.262 e. The average molecular weight is 491 g/mol. The van der Waals surface area contributed by atoms with Gasteiger partial charge in [-0.1, -0.05) is 41.9 Å². The van der Waals surface area contributed by atoms with Gasteiger partial charge in [0, 0.05) is 21.7 Å². The Bertz CT molecular complexity index is 1350. The number of hydrogen-bond acceptors (Lipinski definition) is 4. The maximum atomic E-state index is 13.4. The zero-order valence-electron chi connectivity index (χ0n) is 19.6. The number of ether oxygens (including phenoxy) is 1. The fourth-order valence-electron chi connectivity index (χ4n) is 4.29. The number of benzene rings is 3. The standard InChI is InChI=1S/C28H27ClN2O4/c1-18-24(16-27(33)30-22(17-32)14-19-6-4-3-5-7-19)25-15-23(35-2)12-13-26(25)31(18)28(34)20-8-10-21(29)11-9-20/h3-13,15,22,32H,14,16-17H2,1-2H3,(H,30,33)/t22-/m0/s1. The molecule has 6 nitrogen and oxygen atoms in total. The molecule has 7 heteroatoms. The molecular formula is C28H27ClN2O4. The summed E-state index contributed by atoms with van der Waals surface area (Å²) in [4.78, 5) is 26.5. The van der Waals surface area contributed by atoms with Gasteiger partial charge in [0.15, 0.2) is 0 Å². The minimum absolute atomic E-state index is 0.0572. The van der Waals surface area contributed by atoms with E-state index in [0.717, 1.165) is 16.5 Å². The minimum atomic E-state index is -0.413. The summed E-state index contributed by atoms with van der Waals surface area (Å²) in [6.07, 6.45) is 0.578. The van der Waals surface area contributed by atoms with Crippen LogP contribution in [-0.4, -0.2) is 41.2 Å². The largest absolute Gasteiger partial charge is 0.497 e. The summed E-state index contributed by atoms with van der Waals surface area (Å²) in [6.45, 7) is 1.65. The summed E-state index contributed by atoms with van der Waals surface area (Å²) < 4.78 is 7.01. The first-order valence-corrected chi connectivity index (χ1v) is 11.7. The van der Waals surface area contributed by atoms with Crippen LogP contribution in [0.4, 0.5) is 0 Å². The summed E-state index contributed by atoms with van der Waals surface area (Å²) in [5.74, 6) is 0.190. The molecule has 0 aliphatic rings. The van der Waals surface area contributed by atoms with Crippen molar-refractivity contribution < 1.29 is 19.4 Å².